The third-order valence-corrected chi connectivity index (χ3v) is 6.65. The van der Waals surface area contributed by atoms with Crippen molar-refractivity contribution < 1.29 is 14.3 Å². The van der Waals surface area contributed by atoms with Gasteiger partial charge in [-0.2, -0.15) is 0 Å². The van der Waals surface area contributed by atoms with Gasteiger partial charge >= 0.3 is 5.97 Å². The predicted molar refractivity (Wildman–Crippen MR) is 106 cm³/mol. The van der Waals surface area contributed by atoms with Gasteiger partial charge in [-0.3, -0.25) is 0 Å². The van der Waals surface area contributed by atoms with Crippen LogP contribution in [0.5, 0.6) is 5.75 Å². The van der Waals surface area contributed by atoms with Crippen LogP contribution in [-0.2, 0) is 9.53 Å². The van der Waals surface area contributed by atoms with Crippen molar-refractivity contribution in [1.29, 1.82) is 0 Å². The molecular weight excluding hydrogens is 328 g/mol. The van der Waals surface area contributed by atoms with Crippen LogP contribution in [0, 0.1) is 0 Å². The van der Waals surface area contributed by atoms with E-state index in [4.69, 9.17) is 9.47 Å². The summed E-state index contributed by atoms with van der Waals surface area (Å²) in [5.74, 6) is 0.578. The van der Waals surface area contributed by atoms with Gasteiger partial charge in [0.15, 0.2) is 0 Å². The van der Waals surface area contributed by atoms with E-state index in [1.165, 1.54) is 5.20 Å². The van der Waals surface area contributed by atoms with Crippen LogP contribution in [-0.4, -0.2) is 27.8 Å². The molecule has 0 unspecified atom stereocenters. The van der Waals surface area contributed by atoms with Gasteiger partial charge in [-0.05, 0) is 48.6 Å². The van der Waals surface area contributed by atoms with Gasteiger partial charge in [-0.1, -0.05) is 49.1 Å². The number of carbonyl (C=O) groups excluding carboxylic acids is 1. The fourth-order valence-corrected chi connectivity index (χ4v) is 4.31. The Labute approximate surface area is 152 Å². The molecule has 0 atom stereocenters. The minimum Gasteiger partial charge on any atom is -0.497 e. The summed E-state index contributed by atoms with van der Waals surface area (Å²) in [6, 6.07) is 8.07. The molecule has 2 rings (SSSR count). The molecule has 1 aliphatic carbocycles. The van der Waals surface area contributed by atoms with Crippen molar-refractivity contribution in [2.75, 3.05) is 13.7 Å². The zero-order valence-electron chi connectivity index (χ0n) is 15.9. The third-order valence-electron chi connectivity index (χ3n) is 4.33. The first-order chi connectivity index (χ1) is 11.8. The maximum atomic E-state index is 11.9. The summed E-state index contributed by atoms with van der Waals surface area (Å²) in [5, 5.41) is 1.52. The Morgan fingerprint density at radius 2 is 1.80 bits per heavy atom. The number of methoxy groups -OCH3 is 1. The smallest absolute Gasteiger partial charge is 0.331 e. The molecule has 0 radical (unpaired) electrons. The Morgan fingerprint density at radius 1 is 1.12 bits per heavy atom. The lowest BCUT2D eigenvalue weighted by Gasteiger charge is -2.20. The van der Waals surface area contributed by atoms with Crippen LogP contribution in [0.1, 0.15) is 25.3 Å². The van der Waals surface area contributed by atoms with Crippen molar-refractivity contribution in [3.8, 4) is 5.75 Å². The topological polar surface area (TPSA) is 35.5 Å². The molecule has 4 heteroatoms. The van der Waals surface area contributed by atoms with E-state index >= 15 is 0 Å². The average molecular weight is 357 g/mol. The lowest BCUT2D eigenvalue weighted by Crippen LogP contribution is -2.23. The highest BCUT2D eigenvalue weighted by atomic mass is 28.3. The van der Waals surface area contributed by atoms with Crippen molar-refractivity contribution in [3.63, 3.8) is 0 Å². The number of esters is 1. The first kappa shape index (κ1) is 19.3. The number of hydrogen-bond donors (Lipinski definition) is 0. The number of ether oxygens (including phenoxy) is 2. The van der Waals surface area contributed by atoms with Crippen LogP contribution in [0.15, 0.2) is 53.3 Å². The van der Waals surface area contributed by atoms with E-state index in [1.807, 2.05) is 19.1 Å². The minimum absolute atomic E-state index is 0.265. The summed E-state index contributed by atoms with van der Waals surface area (Å²) < 4.78 is 10.3. The van der Waals surface area contributed by atoms with Gasteiger partial charge < -0.3 is 9.47 Å². The average Bonchev–Trinajstić information content (AvgIpc) is 2.78. The van der Waals surface area contributed by atoms with Crippen LogP contribution in [0.3, 0.4) is 0 Å². The maximum Gasteiger partial charge on any atom is 0.331 e. The fraction of sp³-hybridized carbons (Fsp3) is 0.381. The second-order valence-electron chi connectivity index (χ2n) is 7.22. The van der Waals surface area contributed by atoms with Gasteiger partial charge in [0, 0.05) is 6.08 Å². The highest BCUT2D eigenvalue weighted by molar-refractivity contribution is 6.83. The second-order valence-corrected chi connectivity index (χ2v) is 12.4. The van der Waals surface area contributed by atoms with Gasteiger partial charge in [0.1, 0.15) is 5.75 Å². The van der Waals surface area contributed by atoms with E-state index in [0.717, 1.165) is 35.3 Å². The molecule has 1 aromatic carbocycles. The van der Waals surface area contributed by atoms with Crippen LogP contribution >= 0.6 is 0 Å². The van der Waals surface area contributed by atoms with Gasteiger partial charge in [-0.15, -0.1) is 0 Å². The fourth-order valence-electron chi connectivity index (χ4n) is 2.84. The second kappa shape index (κ2) is 8.34. The summed E-state index contributed by atoms with van der Waals surface area (Å²) in [4.78, 5) is 11.9. The minimum atomic E-state index is -1.41. The standard InChI is InChI=1S/C21H28O3Si/c1-6-24-21(22)14-16-7-12-20(25(3,4)5)15-18(13-16)17-8-10-19(23-2)11-9-17/h8-11,13-15H,6-7,12H2,1-5H3/b16-14+. The van der Waals surface area contributed by atoms with Gasteiger partial charge in [0.05, 0.1) is 21.8 Å². The van der Waals surface area contributed by atoms with Crippen molar-refractivity contribution in [2.45, 2.75) is 39.4 Å². The lowest BCUT2D eigenvalue weighted by molar-refractivity contribution is -0.137. The quantitative estimate of drug-likeness (QED) is 0.415. The first-order valence-electron chi connectivity index (χ1n) is 8.78. The molecule has 0 fully saturated rings. The molecule has 0 saturated carbocycles. The van der Waals surface area contributed by atoms with Gasteiger partial charge in [0.25, 0.3) is 0 Å². The summed E-state index contributed by atoms with van der Waals surface area (Å²) >= 11 is 0. The summed E-state index contributed by atoms with van der Waals surface area (Å²) in [5.41, 5.74) is 3.30. The van der Waals surface area contributed by atoms with Crippen molar-refractivity contribution in [3.05, 3.63) is 58.8 Å². The zero-order chi connectivity index (χ0) is 18.4. The Morgan fingerprint density at radius 3 is 2.36 bits per heavy atom. The first-order valence-corrected chi connectivity index (χ1v) is 12.3. The number of carbonyl (C=O) groups is 1. The van der Waals surface area contributed by atoms with E-state index < -0.39 is 8.07 Å². The monoisotopic (exact) mass is 356 g/mol. The largest absolute Gasteiger partial charge is 0.497 e. The molecular formula is C21H28O3Si. The van der Waals surface area contributed by atoms with Crippen LogP contribution in [0.2, 0.25) is 19.6 Å². The SMILES string of the molecule is CCOC(=O)/C=C1/C=C(c2ccc(OC)cc2)C=C([Si](C)(C)C)CC1. The molecule has 134 valence electrons. The highest BCUT2D eigenvalue weighted by Crippen LogP contribution is 2.32. The van der Waals surface area contributed by atoms with Gasteiger partial charge in [0.2, 0.25) is 0 Å². The third kappa shape index (κ3) is 5.46. The maximum absolute atomic E-state index is 11.9. The molecule has 0 heterocycles. The molecule has 1 aromatic rings. The number of rotatable bonds is 5. The molecule has 0 saturated heterocycles. The van der Waals surface area contributed by atoms with Crippen molar-refractivity contribution in [1.82, 2.24) is 0 Å². The Balaban J connectivity index is 2.43. The molecule has 0 N–H and O–H groups in total. The van der Waals surface area contributed by atoms with Crippen LogP contribution < -0.4 is 4.74 Å². The van der Waals surface area contributed by atoms with E-state index in [-0.39, 0.29) is 5.97 Å². The van der Waals surface area contributed by atoms with Crippen molar-refractivity contribution in [2.24, 2.45) is 0 Å². The van der Waals surface area contributed by atoms with Crippen LogP contribution in [0.25, 0.3) is 5.57 Å². The molecule has 0 amide bonds. The Hall–Kier alpha value is -2.07. The molecule has 3 nitrogen and oxygen atoms in total. The van der Waals surface area contributed by atoms with E-state index in [9.17, 15) is 4.79 Å². The number of hydrogen-bond acceptors (Lipinski definition) is 3. The highest BCUT2D eigenvalue weighted by Gasteiger charge is 2.22. The number of benzene rings is 1. The van der Waals surface area contributed by atoms with Gasteiger partial charge in [-0.25, -0.2) is 4.79 Å². The Bertz CT molecular complexity index is 704. The molecule has 25 heavy (non-hydrogen) atoms. The van der Waals surface area contributed by atoms with Crippen LogP contribution in [0.4, 0.5) is 0 Å². The molecule has 0 bridgehead atoms. The molecule has 0 aromatic heterocycles. The molecule has 0 spiro atoms. The summed E-state index contributed by atoms with van der Waals surface area (Å²) in [6.07, 6.45) is 7.94. The zero-order valence-corrected chi connectivity index (χ0v) is 16.9. The summed E-state index contributed by atoms with van der Waals surface area (Å²) in [6.45, 7) is 9.32. The number of allylic oxidation sites excluding steroid dienone is 5. The Kier molecular flexibility index (Phi) is 6.43. The predicted octanol–water partition coefficient (Wildman–Crippen LogP) is 5.17. The van der Waals surface area contributed by atoms with E-state index in [1.54, 1.807) is 13.2 Å². The normalized spacial score (nSPS) is 16.8. The lowest BCUT2D eigenvalue weighted by atomic mass is 10.0. The van der Waals surface area contributed by atoms with E-state index in [0.29, 0.717) is 6.61 Å². The molecule has 1 aliphatic rings. The van der Waals surface area contributed by atoms with Crippen molar-refractivity contribution >= 4 is 19.6 Å². The molecule has 0 aliphatic heterocycles. The summed E-state index contributed by atoms with van der Waals surface area (Å²) in [7, 11) is 0.256. The van der Waals surface area contributed by atoms with E-state index in [2.05, 4.69) is 43.9 Å².